The van der Waals surface area contributed by atoms with Gasteiger partial charge >= 0.3 is 0 Å². The Hall–Kier alpha value is -3.50. The van der Waals surface area contributed by atoms with Crippen molar-refractivity contribution in [3.05, 3.63) is 96.3 Å². The largest absolute Gasteiger partial charge is 0.353 e. The van der Waals surface area contributed by atoms with Gasteiger partial charge in [-0.1, -0.05) is 67.4 Å². The summed E-state index contributed by atoms with van der Waals surface area (Å²) in [7, 11) is 0. The first kappa shape index (κ1) is 25.2. The topological polar surface area (TPSA) is 45.2 Å². The molecule has 4 nitrogen and oxygen atoms in total. The maximum Gasteiger partial charge on any atom is 0.243 e. The summed E-state index contributed by atoms with van der Waals surface area (Å²) < 4.78 is 0. The molecular weight excluding hydrogens is 454 g/mol. The van der Waals surface area contributed by atoms with Gasteiger partial charge in [0.25, 0.3) is 0 Å². The van der Waals surface area contributed by atoms with E-state index >= 15 is 0 Å². The van der Waals surface area contributed by atoms with E-state index in [4.69, 9.17) is 0 Å². The first-order valence-electron chi connectivity index (χ1n) is 13.7. The summed E-state index contributed by atoms with van der Waals surface area (Å²) in [6.07, 6.45) is 14.0. The van der Waals surface area contributed by atoms with Gasteiger partial charge in [0.1, 0.15) is 0 Å². The summed E-state index contributed by atoms with van der Waals surface area (Å²) >= 11 is 0. The number of rotatable bonds is 10. The number of carbonyl (C=O) groups is 1. The Labute approximate surface area is 220 Å². The van der Waals surface area contributed by atoms with Crippen molar-refractivity contribution in [3.63, 3.8) is 0 Å². The number of aromatic nitrogens is 1. The van der Waals surface area contributed by atoms with Crippen LogP contribution in [0.1, 0.15) is 43.2 Å². The highest BCUT2D eigenvalue weighted by molar-refractivity contribution is 6.02. The maximum atomic E-state index is 12.0. The Kier molecular flexibility index (Phi) is 8.60. The molecule has 37 heavy (non-hydrogen) atoms. The van der Waals surface area contributed by atoms with Gasteiger partial charge in [0.2, 0.25) is 5.91 Å². The lowest BCUT2D eigenvalue weighted by atomic mass is 9.91. The van der Waals surface area contributed by atoms with Crippen LogP contribution in [0, 0.1) is 5.92 Å². The molecule has 0 aliphatic carbocycles. The molecule has 2 heterocycles. The van der Waals surface area contributed by atoms with Crippen LogP contribution in [0.25, 0.3) is 27.6 Å². The average Bonchev–Trinajstić information content (AvgIpc) is 2.95. The number of likely N-dealkylation sites (tertiary alicyclic amines) is 1. The van der Waals surface area contributed by atoms with E-state index in [0.29, 0.717) is 0 Å². The highest BCUT2D eigenvalue weighted by Gasteiger charge is 2.19. The Morgan fingerprint density at radius 1 is 0.946 bits per heavy atom. The number of piperidine rings is 1. The molecule has 1 aromatic heterocycles. The highest BCUT2D eigenvalue weighted by atomic mass is 16.1. The zero-order valence-electron chi connectivity index (χ0n) is 21.6. The number of benzene rings is 3. The number of nitrogens with one attached hydrogen (secondary N) is 1. The summed E-state index contributed by atoms with van der Waals surface area (Å²) in [5, 5.41) is 8.48. The lowest BCUT2D eigenvalue weighted by molar-refractivity contribution is -0.116. The molecule has 0 radical (unpaired) electrons. The van der Waals surface area contributed by atoms with E-state index < -0.39 is 0 Å². The van der Waals surface area contributed by atoms with Gasteiger partial charge in [0, 0.05) is 31.6 Å². The lowest BCUT2D eigenvalue weighted by Crippen LogP contribution is -2.35. The van der Waals surface area contributed by atoms with Crippen LogP contribution in [0.4, 0.5) is 0 Å². The van der Waals surface area contributed by atoms with Gasteiger partial charge in [0.05, 0.1) is 0 Å². The van der Waals surface area contributed by atoms with E-state index in [1.54, 1.807) is 24.5 Å². The molecule has 1 aliphatic rings. The quantitative estimate of drug-likeness (QED) is 0.154. The molecule has 190 valence electrons. The highest BCUT2D eigenvalue weighted by Crippen LogP contribution is 2.29. The second kappa shape index (κ2) is 12.6. The second-order valence-corrected chi connectivity index (χ2v) is 10.2. The third-order valence-electron chi connectivity index (χ3n) is 7.72. The number of nitrogens with zero attached hydrogens (tertiary/aromatic N) is 2. The number of fused-ring (bicyclic) bond motifs is 2. The van der Waals surface area contributed by atoms with Gasteiger partial charge in [-0.25, -0.2) is 0 Å². The molecule has 0 unspecified atom stereocenters. The summed E-state index contributed by atoms with van der Waals surface area (Å²) in [6, 6.07) is 23.8. The van der Waals surface area contributed by atoms with Gasteiger partial charge in [-0.3, -0.25) is 9.78 Å². The van der Waals surface area contributed by atoms with Crippen molar-refractivity contribution >= 4 is 33.5 Å². The molecule has 4 aromatic rings. The van der Waals surface area contributed by atoms with Crippen LogP contribution in [0.5, 0.6) is 0 Å². The maximum absolute atomic E-state index is 12.0. The normalized spacial score (nSPS) is 15.0. The summed E-state index contributed by atoms with van der Waals surface area (Å²) in [6.45, 7) is 4.27. The van der Waals surface area contributed by atoms with Gasteiger partial charge in [-0.2, -0.15) is 0 Å². The van der Waals surface area contributed by atoms with E-state index in [2.05, 4.69) is 69.8 Å². The minimum Gasteiger partial charge on any atom is -0.353 e. The third-order valence-corrected chi connectivity index (χ3v) is 7.72. The standard InChI is InChI=1S/C33H37N3O/c37-33(15-14-27-9-7-19-34-25-27)35-20-6-5-8-26-16-21-36(22-17-26)23-18-32-30-12-3-1-10-28(30)24-29-11-2-4-13-31(29)32/h1-4,7,9-15,19,24-26H,5-6,8,16-18,20-23H2,(H,35,37). The first-order chi connectivity index (χ1) is 18.3. The monoisotopic (exact) mass is 491 g/mol. The molecule has 0 atom stereocenters. The van der Waals surface area contributed by atoms with Crippen molar-refractivity contribution in [2.24, 2.45) is 5.92 Å². The summed E-state index contributed by atoms with van der Waals surface area (Å²) in [5.41, 5.74) is 2.43. The van der Waals surface area contributed by atoms with Crippen LogP contribution in [0.15, 0.2) is 85.2 Å². The number of unbranched alkanes of at least 4 members (excludes halogenated alkanes) is 1. The Morgan fingerprint density at radius 2 is 1.68 bits per heavy atom. The third kappa shape index (κ3) is 6.84. The lowest BCUT2D eigenvalue weighted by Gasteiger charge is -2.32. The van der Waals surface area contributed by atoms with Gasteiger partial charge in [-0.15, -0.1) is 0 Å². The first-order valence-corrected chi connectivity index (χ1v) is 13.7. The van der Waals surface area contributed by atoms with E-state index in [-0.39, 0.29) is 5.91 Å². The van der Waals surface area contributed by atoms with Crippen molar-refractivity contribution in [3.8, 4) is 0 Å². The predicted octanol–water partition coefficient (Wildman–Crippen LogP) is 6.64. The number of carbonyl (C=O) groups excluding carboxylic acids is 1. The Bertz CT molecular complexity index is 1290. The average molecular weight is 492 g/mol. The van der Waals surface area contributed by atoms with Crippen molar-refractivity contribution < 1.29 is 4.79 Å². The molecule has 4 heteroatoms. The minimum absolute atomic E-state index is 0.0314. The van der Waals surface area contributed by atoms with E-state index in [1.807, 2.05) is 12.1 Å². The van der Waals surface area contributed by atoms with Crippen LogP contribution >= 0.6 is 0 Å². The molecule has 1 saturated heterocycles. The fourth-order valence-electron chi connectivity index (χ4n) is 5.62. The van der Waals surface area contributed by atoms with Crippen LogP contribution < -0.4 is 5.32 Å². The van der Waals surface area contributed by atoms with Crippen molar-refractivity contribution in [1.29, 1.82) is 0 Å². The molecule has 0 saturated carbocycles. The van der Waals surface area contributed by atoms with Crippen molar-refractivity contribution in [1.82, 2.24) is 15.2 Å². The molecule has 0 spiro atoms. The molecule has 3 aromatic carbocycles. The number of hydrogen-bond acceptors (Lipinski definition) is 3. The molecule has 5 rings (SSSR count). The molecule has 1 N–H and O–H groups in total. The van der Waals surface area contributed by atoms with Crippen LogP contribution in [-0.2, 0) is 11.2 Å². The molecule has 0 bridgehead atoms. The van der Waals surface area contributed by atoms with E-state index in [1.165, 1.54) is 65.9 Å². The molecular formula is C33H37N3O. The second-order valence-electron chi connectivity index (χ2n) is 10.2. The SMILES string of the molecule is O=C(C=Cc1cccnc1)NCCCCC1CCN(CCc2c3ccccc3cc3ccccc23)CC1. The number of hydrogen-bond donors (Lipinski definition) is 1. The zero-order valence-corrected chi connectivity index (χ0v) is 21.6. The van der Waals surface area contributed by atoms with Gasteiger partial charge in [0.15, 0.2) is 0 Å². The van der Waals surface area contributed by atoms with E-state index in [9.17, 15) is 4.79 Å². The Balaban J connectivity index is 1.02. The minimum atomic E-state index is -0.0314. The van der Waals surface area contributed by atoms with Gasteiger partial charge < -0.3 is 10.2 Å². The molecule has 1 fully saturated rings. The number of pyridine rings is 1. The van der Waals surface area contributed by atoms with Crippen LogP contribution in [-0.4, -0.2) is 42.0 Å². The van der Waals surface area contributed by atoms with Crippen molar-refractivity contribution in [2.75, 3.05) is 26.2 Å². The Morgan fingerprint density at radius 3 is 2.38 bits per heavy atom. The fraction of sp³-hybridized carbons (Fsp3) is 0.333. The molecule has 1 aliphatic heterocycles. The fourth-order valence-corrected chi connectivity index (χ4v) is 5.62. The zero-order chi connectivity index (χ0) is 25.3. The molecule has 1 amide bonds. The smallest absolute Gasteiger partial charge is 0.243 e. The van der Waals surface area contributed by atoms with Crippen LogP contribution in [0.3, 0.4) is 0 Å². The van der Waals surface area contributed by atoms with Gasteiger partial charge in [-0.05, 0) is 95.6 Å². The summed E-state index contributed by atoms with van der Waals surface area (Å²) in [4.78, 5) is 18.7. The van der Waals surface area contributed by atoms with Crippen LogP contribution in [0.2, 0.25) is 0 Å². The van der Waals surface area contributed by atoms with E-state index in [0.717, 1.165) is 37.4 Å². The summed E-state index contributed by atoms with van der Waals surface area (Å²) in [5.74, 6) is 0.784. The van der Waals surface area contributed by atoms with Crippen molar-refractivity contribution in [2.45, 2.75) is 38.5 Å². The number of amides is 1. The predicted molar refractivity (Wildman–Crippen MR) is 154 cm³/mol.